The van der Waals surface area contributed by atoms with Gasteiger partial charge in [-0.15, -0.1) is 20.4 Å². The molecule has 0 saturated heterocycles. The van der Waals surface area contributed by atoms with Gasteiger partial charge < -0.3 is 0 Å². The van der Waals surface area contributed by atoms with E-state index in [2.05, 4.69) is 25.8 Å². The van der Waals surface area contributed by atoms with Crippen LogP contribution in [0.2, 0.25) is 0 Å². The lowest BCUT2D eigenvalue weighted by molar-refractivity contribution is 0.771. The summed E-state index contributed by atoms with van der Waals surface area (Å²) < 4.78 is 0. The molecule has 0 amide bonds. The molecule has 0 aliphatic carbocycles. The van der Waals surface area contributed by atoms with E-state index in [0.717, 1.165) is 6.42 Å². The number of rotatable bonds is 2. The molecule has 0 bridgehead atoms. The van der Waals surface area contributed by atoms with Crippen LogP contribution in [0.4, 0.5) is 5.95 Å². The van der Waals surface area contributed by atoms with E-state index in [1.807, 2.05) is 6.92 Å². The number of nitrogens with zero attached hydrogens (tertiary/aromatic N) is 4. The van der Waals surface area contributed by atoms with Gasteiger partial charge in [-0.3, -0.25) is 5.43 Å². The monoisotopic (exact) mass is 140 g/mol. The molecule has 6 nitrogen and oxygen atoms in total. The Balaban J connectivity index is 2.80. The molecule has 1 aromatic heterocycles. The number of nitrogens with one attached hydrogen (secondary N) is 1. The quantitative estimate of drug-likeness (QED) is 0.409. The molecule has 54 valence electrons. The summed E-state index contributed by atoms with van der Waals surface area (Å²) in [6.45, 7) is 1.92. The fraction of sp³-hybridized carbons (Fsp3) is 0.500. The third kappa shape index (κ3) is 1.35. The van der Waals surface area contributed by atoms with Crippen molar-refractivity contribution in [3.8, 4) is 0 Å². The van der Waals surface area contributed by atoms with Gasteiger partial charge in [0, 0.05) is 6.42 Å². The number of nitrogen functional groups attached to an aromatic ring is 1. The van der Waals surface area contributed by atoms with E-state index in [4.69, 9.17) is 5.84 Å². The van der Waals surface area contributed by atoms with E-state index >= 15 is 0 Å². The third-order valence-corrected chi connectivity index (χ3v) is 0.966. The zero-order valence-electron chi connectivity index (χ0n) is 5.57. The van der Waals surface area contributed by atoms with Crippen LogP contribution in [0.5, 0.6) is 0 Å². The second-order valence-electron chi connectivity index (χ2n) is 1.64. The lowest BCUT2D eigenvalue weighted by Gasteiger charge is -1.94. The van der Waals surface area contributed by atoms with Crippen molar-refractivity contribution in [2.24, 2.45) is 5.84 Å². The Kier molecular flexibility index (Phi) is 2.06. The van der Waals surface area contributed by atoms with Crippen LogP contribution in [0.25, 0.3) is 0 Å². The first-order valence-corrected chi connectivity index (χ1v) is 2.89. The van der Waals surface area contributed by atoms with Gasteiger partial charge >= 0.3 is 0 Å². The van der Waals surface area contributed by atoms with Crippen LogP contribution in [-0.2, 0) is 6.42 Å². The minimum Gasteiger partial charge on any atom is -0.290 e. The van der Waals surface area contributed by atoms with Crippen molar-refractivity contribution in [1.82, 2.24) is 20.4 Å². The molecule has 0 radical (unpaired) electrons. The van der Waals surface area contributed by atoms with Crippen molar-refractivity contribution in [1.29, 1.82) is 0 Å². The van der Waals surface area contributed by atoms with E-state index < -0.39 is 0 Å². The lowest BCUT2D eigenvalue weighted by atomic mass is 10.5. The topological polar surface area (TPSA) is 89.6 Å². The van der Waals surface area contributed by atoms with Crippen molar-refractivity contribution in [3.05, 3.63) is 5.82 Å². The van der Waals surface area contributed by atoms with Gasteiger partial charge in [0.25, 0.3) is 5.95 Å². The highest BCUT2D eigenvalue weighted by Gasteiger charge is 1.94. The highest BCUT2D eigenvalue weighted by atomic mass is 15.4. The van der Waals surface area contributed by atoms with Crippen LogP contribution in [-0.4, -0.2) is 20.4 Å². The van der Waals surface area contributed by atoms with E-state index in [1.54, 1.807) is 0 Å². The number of anilines is 1. The maximum atomic E-state index is 4.99. The molecule has 0 aliphatic rings. The second-order valence-corrected chi connectivity index (χ2v) is 1.64. The normalized spacial score (nSPS) is 9.40. The van der Waals surface area contributed by atoms with Gasteiger partial charge in [0.1, 0.15) is 0 Å². The summed E-state index contributed by atoms with van der Waals surface area (Å²) in [4.78, 5) is 0. The van der Waals surface area contributed by atoms with Crippen molar-refractivity contribution in [3.63, 3.8) is 0 Å². The van der Waals surface area contributed by atoms with E-state index in [9.17, 15) is 0 Å². The molecule has 1 aromatic rings. The lowest BCUT2D eigenvalue weighted by Crippen LogP contribution is -2.13. The predicted octanol–water partition coefficient (Wildman–Crippen LogP) is -0.885. The molecule has 0 atom stereocenters. The Bertz CT molecular complexity index is 170. The van der Waals surface area contributed by atoms with Crippen molar-refractivity contribution >= 4 is 5.95 Å². The molecule has 1 rings (SSSR count). The van der Waals surface area contributed by atoms with Crippen LogP contribution in [0.15, 0.2) is 0 Å². The SMILES string of the molecule is CCc1nnc(NN)nn1. The van der Waals surface area contributed by atoms with Crippen LogP contribution < -0.4 is 11.3 Å². The summed E-state index contributed by atoms with van der Waals surface area (Å²) in [7, 11) is 0. The summed E-state index contributed by atoms with van der Waals surface area (Å²) in [6, 6.07) is 0. The number of aryl methyl sites for hydroxylation is 1. The average Bonchev–Trinajstić information content (AvgIpc) is 2.05. The number of nitrogens with two attached hydrogens (primary N) is 1. The summed E-state index contributed by atoms with van der Waals surface area (Å²) in [6.07, 6.45) is 0.727. The standard InChI is InChI=1S/C4H8N6/c1-2-3-7-9-4(6-5)10-8-3/h2,5H2,1H3,(H,6,9,10). The van der Waals surface area contributed by atoms with E-state index in [1.165, 1.54) is 0 Å². The Labute approximate surface area is 57.8 Å². The fourth-order valence-corrected chi connectivity index (χ4v) is 0.449. The Morgan fingerprint density at radius 3 is 2.30 bits per heavy atom. The average molecular weight is 140 g/mol. The zero-order chi connectivity index (χ0) is 7.40. The molecular formula is C4H8N6. The number of hydrogen-bond acceptors (Lipinski definition) is 6. The van der Waals surface area contributed by atoms with Gasteiger partial charge in [0.05, 0.1) is 0 Å². The minimum absolute atomic E-state index is 0.234. The Morgan fingerprint density at radius 1 is 1.30 bits per heavy atom. The van der Waals surface area contributed by atoms with Crippen LogP contribution in [0.3, 0.4) is 0 Å². The van der Waals surface area contributed by atoms with E-state index in [-0.39, 0.29) is 5.95 Å². The molecule has 1 heterocycles. The molecule has 0 aromatic carbocycles. The molecule has 10 heavy (non-hydrogen) atoms. The highest BCUT2D eigenvalue weighted by molar-refractivity contribution is 5.14. The zero-order valence-corrected chi connectivity index (χ0v) is 5.57. The summed E-state index contributed by atoms with van der Waals surface area (Å²) in [5, 5.41) is 14.6. The number of hydrogen-bond donors (Lipinski definition) is 2. The Hall–Kier alpha value is -1.30. The minimum atomic E-state index is 0.234. The summed E-state index contributed by atoms with van der Waals surface area (Å²) in [5.74, 6) is 5.83. The van der Waals surface area contributed by atoms with Crippen LogP contribution >= 0.6 is 0 Å². The van der Waals surface area contributed by atoms with Gasteiger partial charge in [-0.1, -0.05) is 6.92 Å². The van der Waals surface area contributed by atoms with Crippen molar-refractivity contribution in [2.75, 3.05) is 5.43 Å². The maximum absolute atomic E-state index is 4.99. The first kappa shape index (κ1) is 6.81. The Morgan fingerprint density at radius 2 is 1.90 bits per heavy atom. The third-order valence-electron chi connectivity index (χ3n) is 0.966. The van der Waals surface area contributed by atoms with Crippen molar-refractivity contribution in [2.45, 2.75) is 13.3 Å². The second kappa shape index (κ2) is 3.02. The highest BCUT2D eigenvalue weighted by Crippen LogP contribution is 1.88. The smallest absolute Gasteiger partial charge is 0.276 e. The number of aromatic nitrogens is 4. The molecule has 3 N–H and O–H groups in total. The maximum Gasteiger partial charge on any atom is 0.276 e. The molecule has 0 saturated carbocycles. The van der Waals surface area contributed by atoms with Crippen LogP contribution in [0.1, 0.15) is 12.7 Å². The predicted molar refractivity (Wildman–Crippen MR) is 34.8 cm³/mol. The summed E-state index contributed by atoms with van der Waals surface area (Å²) >= 11 is 0. The van der Waals surface area contributed by atoms with Gasteiger partial charge in [-0.05, 0) is 0 Å². The van der Waals surface area contributed by atoms with Crippen molar-refractivity contribution < 1.29 is 0 Å². The first-order chi connectivity index (χ1) is 4.86. The largest absolute Gasteiger partial charge is 0.290 e. The molecule has 6 heteroatoms. The molecule has 0 unspecified atom stereocenters. The van der Waals surface area contributed by atoms with Gasteiger partial charge in [0.15, 0.2) is 5.82 Å². The van der Waals surface area contributed by atoms with Gasteiger partial charge in [-0.2, -0.15) is 0 Å². The first-order valence-electron chi connectivity index (χ1n) is 2.89. The molecular weight excluding hydrogens is 132 g/mol. The summed E-state index contributed by atoms with van der Waals surface area (Å²) in [5.41, 5.74) is 2.23. The number of hydrazine groups is 1. The van der Waals surface area contributed by atoms with E-state index in [0.29, 0.717) is 5.82 Å². The van der Waals surface area contributed by atoms with Gasteiger partial charge in [0.2, 0.25) is 0 Å². The molecule has 0 spiro atoms. The van der Waals surface area contributed by atoms with Gasteiger partial charge in [-0.25, -0.2) is 5.84 Å². The molecule has 0 fully saturated rings. The molecule has 0 aliphatic heterocycles. The fourth-order valence-electron chi connectivity index (χ4n) is 0.449. The van der Waals surface area contributed by atoms with Crippen LogP contribution in [0, 0.1) is 0 Å².